The van der Waals surface area contributed by atoms with Crippen LogP contribution in [0.5, 0.6) is 0 Å². The van der Waals surface area contributed by atoms with Gasteiger partial charge in [-0.15, -0.1) is 0 Å². The van der Waals surface area contributed by atoms with Crippen LogP contribution in [0.15, 0.2) is 24.3 Å². The van der Waals surface area contributed by atoms with Crippen molar-refractivity contribution in [3.63, 3.8) is 0 Å². The second-order valence-electron chi connectivity index (χ2n) is 9.05. The third kappa shape index (κ3) is 9.78. The maximum absolute atomic E-state index is 4.89. The molecule has 2 aromatic carbocycles. The molecular weight excluding hydrogens is 459 g/mol. The van der Waals surface area contributed by atoms with Crippen molar-refractivity contribution in [2.45, 2.75) is 104 Å². The molecule has 0 N–H and O–H groups in total. The molecule has 2 aliphatic rings. The van der Waals surface area contributed by atoms with Crippen molar-refractivity contribution in [1.29, 1.82) is 0 Å². The van der Waals surface area contributed by atoms with Crippen molar-refractivity contribution in [1.82, 2.24) is 0 Å². The molecule has 2 aliphatic carbocycles. The zero-order valence-electron chi connectivity index (χ0n) is 20.0. The molecule has 0 fully saturated rings. The van der Waals surface area contributed by atoms with Gasteiger partial charge >= 0.3 is 35.6 Å². The van der Waals surface area contributed by atoms with Crippen molar-refractivity contribution in [2.75, 3.05) is 0 Å². The van der Waals surface area contributed by atoms with Gasteiger partial charge in [0.2, 0.25) is 0 Å². The standard InChI is InChI=1S/2C12H17.C2H7Si.2ClH.Ti/c2*1-9(2)12-7-10-5-3-4-6-11(10)8-12;1-3-2;;;/h2*7-9H,3-6H2,1-2H3;3H,1-2H3;2*1H;/q2*-1;;;;+2/p-2. The van der Waals surface area contributed by atoms with E-state index in [4.69, 9.17) is 18.6 Å². The van der Waals surface area contributed by atoms with Crippen LogP contribution in [0.1, 0.15) is 98.6 Å². The zero-order valence-corrected chi connectivity index (χ0v) is 24.2. The van der Waals surface area contributed by atoms with E-state index >= 15 is 0 Å². The SMILES string of the molecule is CC(C)c1cc2c([cH-]1)CCCC2.CC(C)c1cc2c([cH-]1)CCCC2.C[SiH]C.[Cl][Ti][Cl]. The summed E-state index contributed by atoms with van der Waals surface area (Å²) in [5.41, 5.74) is 9.61. The van der Waals surface area contributed by atoms with Gasteiger partial charge in [0.05, 0.1) is 0 Å². The Morgan fingerprint density at radius 1 is 0.733 bits per heavy atom. The first-order valence-corrected chi connectivity index (χ1v) is 18.2. The molecule has 4 rings (SSSR count). The summed E-state index contributed by atoms with van der Waals surface area (Å²) in [7, 11) is 10.5. The van der Waals surface area contributed by atoms with E-state index in [-0.39, 0.29) is 0 Å². The molecule has 0 saturated carbocycles. The molecule has 0 aliphatic heterocycles. The Hall–Kier alpha value is 0.211. The Labute approximate surface area is 205 Å². The molecule has 4 heteroatoms. The molecule has 0 nitrogen and oxygen atoms in total. The Bertz CT molecular complexity index is 593. The molecule has 0 amide bonds. The number of fused-ring (bicyclic) bond motifs is 2. The van der Waals surface area contributed by atoms with Crippen LogP contribution in [-0.2, 0) is 42.7 Å². The molecule has 0 bridgehead atoms. The second kappa shape index (κ2) is 15.9. The molecule has 30 heavy (non-hydrogen) atoms. The van der Waals surface area contributed by atoms with E-state index in [0.717, 1.165) is 9.52 Å². The van der Waals surface area contributed by atoms with E-state index < -0.39 is 17.0 Å². The van der Waals surface area contributed by atoms with Gasteiger partial charge in [-0.1, -0.05) is 92.2 Å². The van der Waals surface area contributed by atoms with Crippen LogP contribution in [0.25, 0.3) is 0 Å². The predicted octanol–water partition coefficient (Wildman–Crippen LogP) is 8.71. The van der Waals surface area contributed by atoms with Gasteiger partial charge in [0.15, 0.2) is 0 Å². The van der Waals surface area contributed by atoms with E-state index in [1.54, 1.807) is 33.4 Å². The van der Waals surface area contributed by atoms with Gasteiger partial charge in [-0.3, -0.25) is 0 Å². The molecule has 0 saturated heterocycles. The van der Waals surface area contributed by atoms with Gasteiger partial charge in [-0.05, 0) is 11.8 Å². The first-order chi connectivity index (χ1) is 14.4. The van der Waals surface area contributed by atoms with E-state index in [9.17, 15) is 0 Å². The molecular formula is C26H41Cl2SiTi-2. The minimum atomic E-state index is -0.556. The molecule has 0 aromatic heterocycles. The first-order valence-electron chi connectivity index (χ1n) is 11.6. The minimum absolute atomic E-state index is 0.556. The number of rotatable bonds is 2. The van der Waals surface area contributed by atoms with Gasteiger partial charge < -0.3 is 0 Å². The molecule has 0 heterocycles. The summed E-state index contributed by atoms with van der Waals surface area (Å²) in [5, 5.41) is 0. The molecule has 2 aromatic rings. The van der Waals surface area contributed by atoms with Crippen molar-refractivity contribution in [3.8, 4) is 0 Å². The van der Waals surface area contributed by atoms with Crippen molar-refractivity contribution >= 4 is 28.1 Å². The van der Waals surface area contributed by atoms with Gasteiger partial charge in [0.1, 0.15) is 0 Å². The Kier molecular flexibility index (Phi) is 15.0. The van der Waals surface area contributed by atoms with E-state index in [2.05, 4.69) is 65.1 Å². The van der Waals surface area contributed by atoms with Gasteiger partial charge in [0, 0.05) is 9.52 Å². The summed E-state index contributed by atoms with van der Waals surface area (Å²) in [6.45, 7) is 13.5. The second-order valence-corrected chi connectivity index (χ2v) is 12.8. The van der Waals surface area contributed by atoms with Crippen molar-refractivity contribution < 1.29 is 17.0 Å². The van der Waals surface area contributed by atoms with Crippen LogP contribution >= 0.6 is 18.6 Å². The molecule has 169 valence electrons. The number of aryl methyl sites for hydroxylation is 4. The normalized spacial score (nSPS) is 14.3. The average molecular weight is 500 g/mol. The maximum atomic E-state index is 4.89. The van der Waals surface area contributed by atoms with Crippen LogP contribution in [0.4, 0.5) is 0 Å². The summed E-state index contributed by atoms with van der Waals surface area (Å²) in [6.07, 6.45) is 10.9. The molecule has 0 spiro atoms. The fourth-order valence-corrected chi connectivity index (χ4v) is 4.12. The number of halogens is 2. The third-order valence-electron chi connectivity index (χ3n) is 5.81. The summed E-state index contributed by atoms with van der Waals surface area (Å²) >= 11 is -0.556. The monoisotopic (exact) mass is 499 g/mol. The van der Waals surface area contributed by atoms with Crippen LogP contribution in [0.3, 0.4) is 0 Å². The quantitative estimate of drug-likeness (QED) is 0.286. The first kappa shape index (κ1) is 28.2. The van der Waals surface area contributed by atoms with Crippen LogP contribution in [0.2, 0.25) is 13.1 Å². The van der Waals surface area contributed by atoms with Crippen LogP contribution in [-0.4, -0.2) is 9.52 Å². The fraction of sp³-hybridized carbons (Fsp3) is 0.615. The van der Waals surface area contributed by atoms with Crippen LogP contribution < -0.4 is 0 Å². The summed E-state index contributed by atoms with van der Waals surface area (Å²) in [5.74, 6) is 1.41. The number of hydrogen-bond acceptors (Lipinski definition) is 0. The van der Waals surface area contributed by atoms with Crippen molar-refractivity contribution in [2.24, 2.45) is 0 Å². The zero-order chi connectivity index (χ0) is 22.5. The van der Waals surface area contributed by atoms with Gasteiger partial charge in [-0.2, -0.15) is 45.5 Å². The Morgan fingerprint density at radius 3 is 1.30 bits per heavy atom. The fourth-order valence-electron chi connectivity index (χ4n) is 4.12. The van der Waals surface area contributed by atoms with E-state index in [1.165, 1.54) is 51.4 Å². The predicted molar refractivity (Wildman–Crippen MR) is 136 cm³/mol. The summed E-state index contributed by atoms with van der Waals surface area (Å²) in [6, 6.07) is 9.66. The Balaban J connectivity index is 0.000000239. The van der Waals surface area contributed by atoms with Gasteiger partial charge in [0.25, 0.3) is 0 Å². The number of hydrogen-bond donors (Lipinski definition) is 0. The third-order valence-corrected chi connectivity index (χ3v) is 5.81. The Morgan fingerprint density at radius 2 is 1.03 bits per heavy atom. The van der Waals surface area contributed by atoms with Crippen molar-refractivity contribution in [3.05, 3.63) is 57.6 Å². The van der Waals surface area contributed by atoms with E-state index in [1.807, 2.05) is 0 Å². The topological polar surface area (TPSA) is 0 Å². The van der Waals surface area contributed by atoms with Crippen LogP contribution in [0, 0.1) is 0 Å². The summed E-state index contributed by atoms with van der Waals surface area (Å²) in [4.78, 5) is 0. The average Bonchev–Trinajstić information content (AvgIpc) is 3.34. The molecule has 0 unspecified atom stereocenters. The molecule has 1 radical (unpaired) electrons. The van der Waals surface area contributed by atoms with Gasteiger partial charge in [-0.25, -0.2) is 12.1 Å². The molecule has 0 atom stereocenters. The van der Waals surface area contributed by atoms with E-state index in [0.29, 0.717) is 11.8 Å². The summed E-state index contributed by atoms with van der Waals surface area (Å²) < 4.78 is 0.